The van der Waals surface area contributed by atoms with Crippen LogP contribution in [0.1, 0.15) is 25.5 Å². The second-order valence-corrected chi connectivity index (χ2v) is 5.25. The van der Waals surface area contributed by atoms with E-state index in [1.165, 1.54) is 0 Å². The highest BCUT2D eigenvalue weighted by atomic mass is 15.0. The lowest BCUT2D eigenvalue weighted by molar-refractivity contribution is 0.831. The van der Waals surface area contributed by atoms with Gasteiger partial charge < -0.3 is 0 Å². The molecule has 0 fully saturated rings. The Balaban J connectivity index is 1.94. The van der Waals surface area contributed by atoms with Gasteiger partial charge >= 0.3 is 0 Å². The van der Waals surface area contributed by atoms with Crippen LogP contribution in [0.4, 0.5) is 0 Å². The van der Waals surface area contributed by atoms with E-state index in [0.717, 1.165) is 46.8 Å². The van der Waals surface area contributed by atoms with Crippen LogP contribution in [0.25, 0.3) is 22.6 Å². The number of aryl methyl sites for hydroxylation is 2. The van der Waals surface area contributed by atoms with Crippen molar-refractivity contribution >= 4 is 13.3 Å². The van der Waals surface area contributed by atoms with Gasteiger partial charge in [-0.1, -0.05) is 43.6 Å². The number of pyridine rings is 1. The molecule has 0 aliphatic carbocycles. The first-order chi connectivity index (χ1) is 11.2. The van der Waals surface area contributed by atoms with Crippen molar-refractivity contribution < 1.29 is 0 Å². The molecule has 0 amide bonds. The summed E-state index contributed by atoms with van der Waals surface area (Å²) in [6.45, 7) is 4.09. The molecule has 0 bridgehead atoms. The fourth-order valence-corrected chi connectivity index (χ4v) is 2.26. The topological polar surface area (TPSA) is 51.6 Å². The van der Waals surface area contributed by atoms with E-state index in [0.29, 0.717) is 5.82 Å². The first-order valence-corrected chi connectivity index (χ1v) is 7.75. The maximum absolute atomic E-state index is 5.72. The number of nitrogens with zero attached hydrogens (tertiary/aromatic N) is 4. The SMILES string of the molecule is [B]c1ccc(-c2ccc(-c3nc(CC)nc(CC)n3)cn2)cc1. The quantitative estimate of drug-likeness (QED) is 0.695. The molecule has 0 aliphatic rings. The molecule has 0 saturated carbocycles. The van der Waals surface area contributed by atoms with Crippen LogP contribution in [-0.2, 0) is 12.8 Å². The van der Waals surface area contributed by atoms with Gasteiger partial charge in [-0.15, -0.1) is 0 Å². The average molecular weight is 300 g/mol. The fourth-order valence-electron chi connectivity index (χ4n) is 2.26. The van der Waals surface area contributed by atoms with Crippen molar-refractivity contribution in [1.82, 2.24) is 19.9 Å². The highest BCUT2D eigenvalue weighted by molar-refractivity contribution is 6.32. The molecule has 0 atom stereocenters. The Morgan fingerprint density at radius 1 is 0.783 bits per heavy atom. The van der Waals surface area contributed by atoms with Gasteiger partial charge in [0.05, 0.1) is 5.69 Å². The van der Waals surface area contributed by atoms with Gasteiger partial charge in [0.25, 0.3) is 0 Å². The van der Waals surface area contributed by atoms with Gasteiger partial charge in [0.15, 0.2) is 5.82 Å². The van der Waals surface area contributed by atoms with Crippen molar-refractivity contribution in [2.75, 3.05) is 0 Å². The number of hydrogen-bond acceptors (Lipinski definition) is 4. The lowest BCUT2D eigenvalue weighted by Crippen LogP contribution is -2.04. The fraction of sp³-hybridized carbons (Fsp3) is 0.222. The summed E-state index contributed by atoms with van der Waals surface area (Å²) in [5, 5.41) is 0. The molecular formula is C18H17BN4. The first-order valence-electron chi connectivity index (χ1n) is 7.75. The Labute approximate surface area is 137 Å². The van der Waals surface area contributed by atoms with Crippen molar-refractivity contribution in [2.45, 2.75) is 26.7 Å². The Morgan fingerprint density at radius 2 is 1.39 bits per heavy atom. The highest BCUT2D eigenvalue weighted by Gasteiger charge is 2.08. The minimum absolute atomic E-state index is 0.685. The van der Waals surface area contributed by atoms with Crippen LogP contribution in [0.2, 0.25) is 0 Å². The smallest absolute Gasteiger partial charge is 0.164 e. The molecule has 0 N–H and O–H groups in total. The second-order valence-electron chi connectivity index (χ2n) is 5.25. The molecule has 5 heteroatoms. The summed E-state index contributed by atoms with van der Waals surface area (Å²) in [4.78, 5) is 18.0. The summed E-state index contributed by atoms with van der Waals surface area (Å²) in [5.74, 6) is 2.31. The van der Waals surface area contributed by atoms with Gasteiger partial charge in [0.2, 0.25) is 0 Å². The van der Waals surface area contributed by atoms with E-state index in [4.69, 9.17) is 7.85 Å². The molecule has 0 saturated heterocycles. The number of aromatic nitrogens is 4. The standard InChI is InChI=1S/C18H17BN4/c1-3-16-21-17(4-2)23-18(22-16)13-7-10-15(20-11-13)12-5-8-14(19)9-6-12/h5-11H,3-4H2,1-2H3. The van der Waals surface area contributed by atoms with Gasteiger partial charge in [-0.25, -0.2) is 15.0 Å². The minimum Gasteiger partial charge on any atom is -0.255 e. The van der Waals surface area contributed by atoms with Crippen LogP contribution in [0, 0.1) is 0 Å². The third-order valence-electron chi connectivity index (χ3n) is 3.59. The normalized spacial score (nSPS) is 10.7. The third kappa shape index (κ3) is 3.45. The van der Waals surface area contributed by atoms with Crippen LogP contribution in [0.15, 0.2) is 42.6 Å². The largest absolute Gasteiger partial charge is 0.255 e. The molecule has 1 aromatic carbocycles. The molecule has 2 heterocycles. The van der Waals surface area contributed by atoms with E-state index >= 15 is 0 Å². The van der Waals surface area contributed by atoms with Crippen molar-refractivity contribution in [2.24, 2.45) is 0 Å². The summed E-state index contributed by atoms with van der Waals surface area (Å²) in [6, 6.07) is 11.6. The molecule has 112 valence electrons. The summed E-state index contributed by atoms with van der Waals surface area (Å²) in [5.41, 5.74) is 3.57. The maximum atomic E-state index is 5.72. The van der Waals surface area contributed by atoms with E-state index in [1.54, 1.807) is 6.20 Å². The third-order valence-corrected chi connectivity index (χ3v) is 3.59. The molecule has 0 aliphatic heterocycles. The van der Waals surface area contributed by atoms with E-state index in [2.05, 4.69) is 19.9 Å². The lowest BCUT2D eigenvalue weighted by Gasteiger charge is -2.06. The molecule has 0 unspecified atom stereocenters. The predicted molar refractivity (Wildman–Crippen MR) is 92.6 cm³/mol. The van der Waals surface area contributed by atoms with Gasteiger partial charge in [-0.05, 0) is 12.1 Å². The van der Waals surface area contributed by atoms with E-state index in [-0.39, 0.29) is 0 Å². The van der Waals surface area contributed by atoms with Crippen molar-refractivity contribution in [3.63, 3.8) is 0 Å². The van der Waals surface area contributed by atoms with E-state index in [9.17, 15) is 0 Å². The lowest BCUT2D eigenvalue weighted by atomic mass is 9.95. The monoisotopic (exact) mass is 300 g/mol. The van der Waals surface area contributed by atoms with Gasteiger partial charge in [-0.3, -0.25) is 4.98 Å². The summed E-state index contributed by atoms with van der Waals surface area (Å²) >= 11 is 0. The molecule has 2 radical (unpaired) electrons. The second kappa shape index (κ2) is 6.69. The minimum atomic E-state index is 0.685. The van der Waals surface area contributed by atoms with Crippen LogP contribution in [0.3, 0.4) is 0 Å². The Hall–Kier alpha value is -2.56. The highest BCUT2D eigenvalue weighted by Crippen LogP contribution is 2.20. The molecule has 3 rings (SSSR count). The molecule has 23 heavy (non-hydrogen) atoms. The van der Waals surface area contributed by atoms with Crippen LogP contribution in [0.5, 0.6) is 0 Å². The van der Waals surface area contributed by atoms with E-state index in [1.807, 2.05) is 50.2 Å². The zero-order valence-corrected chi connectivity index (χ0v) is 13.3. The first kappa shape index (κ1) is 15.3. The molecular weight excluding hydrogens is 283 g/mol. The molecule has 3 aromatic rings. The summed E-state index contributed by atoms with van der Waals surface area (Å²) < 4.78 is 0. The van der Waals surface area contributed by atoms with Crippen LogP contribution >= 0.6 is 0 Å². The molecule has 2 aromatic heterocycles. The number of rotatable bonds is 4. The zero-order valence-electron chi connectivity index (χ0n) is 13.3. The van der Waals surface area contributed by atoms with Crippen LogP contribution in [-0.4, -0.2) is 27.8 Å². The van der Waals surface area contributed by atoms with Crippen LogP contribution < -0.4 is 5.46 Å². The van der Waals surface area contributed by atoms with Crippen molar-refractivity contribution in [1.29, 1.82) is 0 Å². The predicted octanol–water partition coefficient (Wildman–Crippen LogP) is 2.52. The average Bonchev–Trinajstić information content (AvgIpc) is 2.62. The zero-order chi connectivity index (χ0) is 16.2. The molecule has 0 spiro atoms. The van der Waals surface area contributed by atoms with E-state index < -0.39 is 0 Å². The van der Waals surface area contributed by atoms with Gasteiger partial charge in [0.1, 0.15) is 19.5 Å². The maximum Gasteiger partial charge on any atom is 0.164 e. The number of hydrogen-bond donors (Lipinski definition) is 0. The Kier molecular flexibility index (Phi) is 4.46. The van der Waals surface area contributed by atoms with Gasteiger partial charge in [0, 0.05) is 30.2 Å². The molecule has 4 nitrogen and oxygen atoms in total. The Morgan fingerprint density at radius 3 is 1.91 bits per heavy atom. The number of benzene rings is 1. The van der Waals surface area contributed by atoms with Gasteiger partial charge in [-0.2, -0.15) is 0 Å². The summed E-state index contributed by atoms with van der Waals surface area (Å²) in [7, 11) is 5.72. The Bertz CT molecular complexity index is 776. The summed E-state index contributed by atoms with van der Waals surface area (Å²) in [6.07, 6.45) is 3.39. The van der Waals surface area contributed by atoms with Crippen molar-refractivity contribution in [3.05, 3.63) is 54.2 Å². The van der Waals surface area contributed by atoms with Crippen molar-refractivity contribution in [3.8, 4) is 22.6 Å².